The molecule has 0 radical (unpaired) electrons. The number of carbonyl (C=O) groups excluding carboxylic acids is 1. The van der Waals surface area contributed by atoms with E-state index in [1.54, 1.807) is 9.48 Å². The molecule has 1 atom stereocenters. The van der Waals surface area contributed by atoms with E-state index in [1.165, 1.54) is 44.9 Å². The topological polar surface area (TPSA) is 118 Å². The van der Waals surface area contributed by atoms with E-state index in [1.807, 2.05) is 12.2 Å². The number of aliphatic hydroxyl groups is 2. The highest BCUT2D eigenvalue weighted by Crippen LogP contribution is 2.11. The Balaban J connectivity index is 2.48. The molecule has 1 heterocycles. The lowest BCUT2D eigenvalue weighted by atomic mass is 10.1. The van der Waals surface area contributed by atoms with E-state index in [0.29, 0.717) is 25.5 Å². The molecule has 0 saturated carbocycles. The Hall–Kier alpha value is -1.29. The molecule has 9 heteroatoms. The van der Waals surface area contributed by atoms with Crippen molar-refractivity contribution in [3.05, 3.63) is 12.2 Å². The third-order valence-corrected chi connectivity index (χ3v) is 6.19. The SMILES string of the molecule is CCCCCCCCCC/C=C/CC(=O)C1=[N+](CC(O)CS(=O)(=O)O)CCN1CCO. The van der Waals surface area contributed by atoms with E-state index in [9.17, 15) is 23.4 Å². The first-order valence-corrected chi connectivity index (χ1v) is 13.2. The van der Waals surface area contributed by atoms with Gasteiger partial charge in [-0.3, -0.25) is 18.8 Å². The van der Waals surface area contributed by atoms with E-state index < -0.39 is 22.0 Å². The second-order valence-electron chi connectivity index (χ2n) is 8.24. The van der Waals surface area contributed by atoms with E-state index in [-0.39, 0.29) is 25.4 Å². The molecule has 0 aromatic heterocycles. The van der Waals surface area contributed by atoms with Gasteiger partial charge in [-0.2, -0.15) is 8.42 Å². The largest absolute Gasteiger partial charge is 0.392 e. The highest BCUT2D eigenvalue weighted by atomic mass is 32.2. The summed E-state index contributed by atoms with van der Waals surface area (Å²) in [4.78, 5) is 14.5. The van der Waals surface area contributed by atoms with Crippen molar-refractivity contribution < 1.29 is 32.6 Å². The minimum Gasteiger partial charge on any atom is -0.392 e. The summed E-state index contributed by atoms with van der Waals surface area (Å²) in [5, 5.41) is 19.2. The van der Waals surface area contributed by atoms with E-state index >= 15 is 0 Å². The van der Waals surface area contributed by atoms with Gasteiger partial charge in [-0.15, -0.1) is 0 Å². The molecule has 0 aromatic rings. The molecule has 8 nitrogen and oxygen atoms in total. The van der Waals surface area contributed by atoms with E-state index in [4.69, 9.17) is 4.55 Å². The maximum absolute atomic E-state index is 12.8. The zero-order chi connectivity index (χ0) is 23.1. The molecular weight excluding hydrogens is 420 g/mol. The zero-order valence-electron chi connectivity index (χ0n) is 18.9. The van der Waals surface area contributed by atoms with Gasteiger partial charge in [0.25, 0.3) is 10.1 Å². The standard InChI is InChI=1S/C22H40N2O6S/c1-2-3-4-5-6-7-8-9-10-11-12-13-21(27)22-23(16-17-25)14-15-24(22)18-20(26)19-31(28,29)30/h11-12,20,25-26H,2-10,13-19H2,1H3/p+1/b12-11+. The van der Waals surface area contributed by atoms with Gasteiger partial charge < -0.3 is 10.2 Å². The van der Waals surface area contributed by atoms with Crippen LogP contribution in [0.3, 0.4) is 0 Å². The minimum atomic E-state index is -4.30. The molecule has 0 fully saturated rings. The maximum Gasteiger partial charge on any atom is 0.316 e. The predicted octanol–water partition coefficient (Wildman–Crippen LogP) is 2.00. The maximum atomic E-state index is 12.8. The van der Waals surface area contributed by atoms with Crippen LogP contribution in [0.2, 0.25) is 0 Å². The molecule has 31 heavy (non-hydrogen) atoms. The van der Waals surface area contributed by atoms with Crippen molar-refractivity contribution in [2.75, 3.05) is 38.5 Å². The number of rotatable bonds is 18. The predicted molar refractivity (Wildman–Crippen MR) is 122 cm³/mol. The normalized spacial score (nSPS) is 15.9. The number of allylic oxidation sites excluding steroid dienone is 2. The smallest absolute Gasteiger partial charge is 0.316 e. The number of amidine groups is 1. The van der Waals surface area contributed by atoms with Crippen LogP contribution in [-0.2, 0) is 14.9 Å². The van der Waals surface area contributed by atoms with Crippen molar-refractivity contribution in [1.82, 2.24) is 4.90 Å². The highest BCUT2D eigenvalue weighted by molar-refractivity contribution is 7.85. The zero-order valence-corrected chi connectivity index (χ0v) is 19.7. The first-order chi connectivity index (χ1) is 14.8. The second-order valence-corrected chi connectivity index (χ2v) is 9.74. The van der Waals surface area contributed by atoms with Crippen molar-refractivity contribution >= 4 is 21.7 Å². The molecule has 1 aliphatic rings. The Labute approximate surface area is 187 Å². The molecule has 0 bridgehead atoms. The number of Topliss-reactive ketones (excluding diaryl/α,β-unsaturated/α-hetero) is 1. The molecule has 180 valence electrons. The molecule has 0 saturated heterocycles. The molecule has 1 rings (SSSR count). The summed E-state index contributed by atoms with van der Waals surface area (Å²) in [6, 6.07) is 0. The summed E-state index contributed by atoms with van der Waals surface area (Å²) in [6.45, 7) is 3.32. The molecule has 3 N–H and O–H groups in total. The lowest BCUT2D eigenvalue weighted by molar-refractivity contribution is -0.525. The van der Waals surface area contributed by atoms with Gasteiger partial charge in [-0.25, -0.2) is 0 Å². The van der Waals surface area contributed by atoms with Crippen molar-refractivity contribution in [3.63, 3.8) is 0 Å². The summed E-state index contributed by atoms with van der Waals surface area (Å²) in [5.41, 5.74) is 0. The van der Waals surface area contributed by atoms with Gasteiger partial charge in [0.15, 0.2) is 0 Å². The van der Waals surface area contributed by atoms with Crippen molar-refractivity contribution in [2.24, 2.45) is 0 Å². The van der Waals surface area contributed by atoms with Gasteiger partial charge in [0.05, 0.1) is 6.61 Å². The second kappa shape index (κ2) is 15.5. The monoisotopic (exact) mass is 461 g/mol. The molecule has 0 aromatic carbocycles. The number of hydrogen-bond donors (Lipinski definition) is 3. The lowest BCUT2D eigenvalue weighted by Gasteiger charge is -2.12. The van der Waals surface area contributed by atoms with Crippen molar-refractivity contribution in [3.8, 4) is 0 Å². The van der Waals surface area contributed by atoms with Crippen LogP contribution in [0.1, 0.15) is 71.1 Å². The van der Waals surface area contributed by atoms with Gasteiger partial charge in [0.2, 0.25) is 5.78 Å². The Kier molecular flexibility index (Phi) is 13.9. The number of unbranched alkanes of at least 4 members (excludes halogenated alkanes) is 8. The number of carbonyl (C=O) groups is 1. The van der Waals surface area contributed by atoms with Crippen molar-refractivity contribution in [2.45, 2.75) is 77.2 Å². The molecule has 1 aliphatic heterocycles. The number of β-amino-alcohol motifs (C(OH)–C–C–N with tert-alkyl or cyclic N) is 2. The van der Waals surface area contributed by atoms with Crippen LogP contribution in [0, 0.1) is 0 Å². The van der Waals surface area contributed by atoms with Crippen molar-refractivity contribution in [1.29, 1.82) is 0 Å². The first-order valence-electron chi connectivity index (χ1n) is 11.6. The summed E-state index contributed by atoms with van der Waals surface area (Å²) < 4.78 is 32.5. The van der Waals surface area contributed by atoms with Crippen LogP contribution in [0.4, 0.5) is 0 Å². The van der Waals surface area contributed by atoms with E-state index in [0.717, 1.165) is 12.8 Å². The quantitative estimate of drug-likeness (QED) is 0.124. The number of aliphatic hydroxyl groups excluding tert-OH is 2. The van der Waals surface area contributed by atoms with Crippen LogP contribution in [-0.4, -0.2) is 88.9 Å². The van der Waals surface area contributed by atoms with Gasteiger partial charge >= 0.3 is 5.84 Å². The molecule has 0 spiro atoms. The third kappa shape index (κ3) is 12.4. The van der Waals surface area contributed by atoms with Gasteiger partial charge in [0, 0.05) is 6.42 Å². The van der Waals surface area contributed by atoms with Crippen LogP contribution in [0.5, 0.6) is 0 Å². The van der Waals surface area contributed by atoms with Crippen LogP contribution in [0.15, 0.2) is 12.2 Å². The fourth-order valence-corrected chi connectivity index (χ4v) is 4.46. The van der Waals surface area contributed by atoms with Gasteiger partial charge in [-0.05, 0) is 12.8 Å². The van der Waals surface area contributed by atoms with E-state index in [2.05, 4.69) is 6.92 Å². The molecule has 0 aliphatic carbocycles. The Morgan fingerprint density at radius 3 is 2.39 bits per heavy atom. The fourth-order valence-electron chi connectivity index (χ4n) is 3.87. The van der Waals surface area contributed by atoms with Crippen LogP contribution < -0.4 is 0 Å². The minimum absolute atomic E-state index is 0.0647. The first kappa shape index (κ1) is 27.7. The summed E-state index contributed by atoms with van der Waals surface area (Å²) in [6.07, 6.45) is 13.8. The number of ketones is 1. The average molecular weight is 462 g/mol. The Morgan fingerprint density at radius 2 is 1.77 bits per heavy atom. The Morgan fingerprint density at radius 1 is 1.13 bits per heavy atom. The Bertz CT molecular complexity index is 690. The van der Waals surface area contributed by atoms with Crippen LogP contribution in [0.25, 0.3) is 0 Å². The highest BCUT2D eigenvalue weighted by Gasteiger charge is 2.36. The number of nitrogens with zero attached hydrogens (tertiary/aromatic N) is 2. The lowest BCUT2D eigenvalue weighted by Crippen LogP contribution is -2.40. The summed E-state index contributed by atoms with van der Waals surface area (Å²) in [7, 11) is -4.30. The van der Waals surface area contributed by atoms with Gasteiger partial charge in [0.1, 0.15) is 38.0 Å². The molecular formula is C22H41N2O6S+. The molecule has 1 unspecified atom stereocenters. The summed E-state index contributed by atoms with van der Waals surface area (Å²) in [5.74, 6) is -0.513. The van der Waals surface area contributed by atoms with Crippen LogP contribution >= 0.6 is 0 Å². The van der Waals surface area contributed by atoms with Gasteiger partial charge in [-0.1, -0.05) is 64.0 Å². The summed E-state index contributed by atoms with van der Waals surface area (Å²) >= 11 is 0. The number of hydrogen-bond acceptors (Lipinski definition) is 6. The molecule has 0 amide bonds. The third-order valence-electron chi connectivity index (χ3n) is 5.39. The average Bonchev–Trinajstić information content (AvgIpc) is 3.06. The fraction of sp³-hybridized carbons (Fsp3) is 0.818.